The first-order chi connectivity index (χ1) is 13.9. The van der Waals surface area contributed by atoms with Gasteiger partial charge in [-0.1, -0.05) is 0 Å². The highest BCUT2D eigenvalue weighted by molar-refractivity contribution is 7.85. The Morgan fingerprint density at radius 3 is 2.57 bits per heavy atom. The summed E-state index contributed by atoms with van der Waals surface area (Å²) in [6.07, 6.45) is -1.89. The first kappa shape index (κ1) is 21.2. The van der Waals surface area contributed by atoms with Crippen LogP contribution in [-0.2, 0) is 25.4 Å². The number of amidine groups is 1. The Balaban J connectivity index is 1.84. The van der Waals surface area contributed by atoms with E-state index in [2.05, 4.69) is 15.3 Å². The van der Waals surface area contributed by atoms with Crippen LogP contribution < -0.4 is 5.32 Å². The second kappa shape index (κ2) is 6.99. The van der Waals surface area contributed by atoms with E-state index in [1.54, 1.807) is 0 Å². The van der Waals surface area contributed by atoms with Crippen LogP contribution in [0.5, 0.6) is 0 Å². The number of alkyl halides is 3. The highest BCUT2D eigenvalue weighted by atomic mass is 32.2. The number of carbonyl (C=O) groups is 1. The molecule has 0 aromatic carbocycles. The molecule has 0 bridgehead atoms. The molecule has 164 valence electrons. The molecular formula is C18H21F3N4O4S. The number of aromatic nitrogens is 1. The molecule has 0 unspecified atom stereocenters. The maximum absolute atomic E-state index is 13.2. The standard InChI is InChI=1S/C18H21F3N4O4S/c1-10-9-17(7-8-22-10)16(26)25(29-30(2,27)28)15(24-17)12-5-6-13(18(19,20)21)23-14(12)11-3-4-11/h5-6,10-11,22H,3-4,7-9H2,1-2H3/t10-,17+/m0/s1. The number of rotatable bonds is 4. The molecule has 1 saturated heterocycles. The molecule has 1 amide bonds. The lowest BCUT2D eigenvalue weighted by Gasteiger charge is -2.33. The van der Waals surface area contributed by atoms with E-state index < -0.39 is 33.4 Å². The molecule has 1 aromatic heterocycles. The van der Waals surface area contributed by atoms with Crippen molar-refractivity contribution in [1.29, 1.82) is 0 Å². The third-order valence-corrected chi connectivity index (χ3v) is 5.82. The lowest BCUT2D eigenvalue weighted by Crippen LogP contribution is -2.52. The summed E-state index contributed by atoms with van der Waals surface area (Å²) in [5, 5.41) is 3.81. The van der Waals surface area contributed by atoms with Crippen LogP contribution >= 0.6 is 0 Å². The largest absolute Gasteiger partial charge is 0.433 e. The summed E-state index contributed by atoms with van der Waals surface area (Å²) >= 11 is 0. The van der Waals surface area contributed by atoms with Gasteiger partial charge in [0.05, 0.1) is 11.9 Å². The predicted octanol–water partition coefficient (Wildman–Crippen LogP) is 1.97. The molecule has 2 aliphatic heterocycles. The summed E-state index contributed by atoms with van der Waals surface area (Å²) in [5.74, 6) is -0.954. The van der Waals surface area contributed by atoms with E-state index in [-0.39, 0.29) is 29.1 Å². The summed E-state index contributed by atoms with van der Waals surface area (Å²) < 4.78 is 68.1. The van der Waals surface area contributed by atoms with Crippen LogP contribution in [0.3, 0.4) is 0 Å². The summed E-state index contributed by atoms with van der Waals surface area (Å²) in [4.78, 5) is 21.6. The number of amides is 1. The Morgan fingerprint density at radius 2 is 2.00 bits per heavy atom. The fourth-order valence-electron chi connectivity index (χ4n) is 3.95. The van der Waals surface area contributed by atoms with Crippen LogP contribution in [0.2, 0.25) is 0 Å². The van der Waals surface area contributed by atoms with Crippen molar-refractivity contribution in [3.8, 4) is 0 Å². The second-order valence-electron chi connectivity index (χ2n) is 8.06. The number of nitrogens with zero attached hydrogens (tertiary/aromatic N) is 3. The monoisotopic (exact) mass is 446 g/mol. The van der Waals surface area contributed by atoms with E-state index in [0.717, 1.165) is 12.3 Å². The van der Waals surface area contributed by atoms with Gasteiger partial charge in [-0.2, -0.15) is 21.6 Å². The SMILES string of the molecule is C[C@H]1C[C@@]2(CCN1)N=C(c1ccc(C(F)(F)F)nc1C1CC1)N(OS(C)(=O)=O)C2=O. The normalized spacial score (nSPS) is 27.6. The molecule has 1 spiro atoms. The van der Waals surface area contributed by atoms with Crippen LogP contribution in [0.15, 0.2) is 17.1 Å². The average molecular weight is 446 g/mol. The van der Waals surface area contributed by atoms with E-state index in [0.29, 0.717) is 37.3 Å². The number of hydroxylamine groups is 2. The molecule has 1 saturated carbocycles. The number of hydrogen-bond donors (Lipinski definition) is 1. The van der Waals surface area contributed by atoms with E-state index in [9.17, 15) is 26.4 Å². The minimum atomic E-state index is -4.62. The zero-order chi connectivity index (χ0) is 21.9. The molecule has 30 heavy (non-hydrogen) atoms. The van der Waals surface area contributed by atoms with Crippen LogP contribution in [0.1, 0.15) is 55.5 Å². The highest BCUT2D eigenvalue weighted by Crippen LogP contribution is 2.44. The first-order valence-corrected chi connectivity index (χ1v) is 11.4. The smallest absolute Gasteiger partial charge is 0.314 e. The molecule has 1 N–H and O–H groups in total. The third-order valence-electron chi connectivity index (χ3n) is 5.40. The summed E-state index contributed by atoms with van der Waals surface area (Å²) in [6.45, 7) is 2.36. The van der Waals surface area contributed by atoms with Gasteiger partial charge in [-0.15, -0.1) is 9.35 Å². The van der Waals surface area contributed by atoms with E-state index in [1.165, 1.54) is 6.07 Å². The van der Waals surface area contributed by atoms with Gasteiger partial charge < -0.3 is 5.32 Å². The number of pyridine rings is 1. The molecule has 2 atom stereocenters. The molecule has 1 aliphatic carbocycles. The van der Waals surface area contributed by atoms with Gasteiger partial charge in [-0.05, 0) is 51.3 Å². The fourth-order valence-corrected chi connectivity index (χ4v) is 4.36. The van der Waals surface area contributed by atoms with Crippen LogP contribution in [0.4, 0.5) is 13.2 Å². The number of hydrogen-bond acceptors (Lipinski definition) is 7. The summed E-state index contributed by atoms with van der Waals surface area (Å²) in [5.41, 5.74) is -1.93. The average Bonchev–Trinajstić information content (AvgIpc) is 3.44. The maximum atomic E-state index is 13.2. The number of halogens is 3. The molecular weight excluding hydrogens is 425 g/mol. The summed E-state index contributed by atoms with van der Waals surface area (Å²) in [7, 11) is -4.09. The lowest BCUT2D eigenvalue weighted by atomic mass is 9.85. The van der Waals surface area contributed by atoms with Gasteiger partial charge in [-0.3, -0.25) is 4.79 Å². The number of aliphatic imine (C=N–C) groups is 1. The fraction of sp³-hybridized carbons (Fsp3) is 0.611. The van der Waals surface area contributed by atoms with Crippen molar-refractivity contribution >= 4 is 21.9 Å². The molecule has 1 aromatic rings. The van der Waals surface area contributed by atoms with E-state index in [1.807, 2.05) is 6.92 Å². The maximum Gasteiger partial charge on any atom is 0.433 e. The van der Waals surface area contributed by atoms with Gasteiger partial charge in [-0.25, -0.2) is 9.98 Å². The van der Waals surface area contributed by atoms with Gasteiger partial charge in [0.15, 0.2) is 5.84 Å². The quantitative estimate of drug-likeness (QED) is 0.759. The van der Waals surface area contributed by atoms with Crippen molar-refractivity contribution in [2.75, 3.05) is 12.8 Å². The van der Waals surface area contributed by atoms with Gasteiger partial charge >= 0.3 is 6.18 Å². The Labute approximate surface area is 171 Å². The van der Waals surface area contributed by atoms with Gasteiger partial charge in [0.1, 0.15) is 11.2 Å². The number of piperidine rings is 1. The van der Waals surface area contributed by atoms with Gasteiger partial charge in [0.2, 0.25) is 0 Å². The van der Waals surface area contributed by atoms with Crippen molar-refractivity contribution in [2.45, 2.75) is 56.3 Å². The first-order valence-electron chi connectivity index (χ1n) is 9.55. The Morgan fingerprint density at radius 1 is 1.30 bits per heavy atom. The van der Waals surface area contributed by atoms with Crippen molar-refractivity contribution in [2.24, 2.45) is 4.99 Å². The number of nitrogens with one attached hydrogen (secondary N) is 1. The van der Waals surface area contributed by atoms with Crippen LogP contribution in [0, 0.1) is 0 Å². The molecule has 12 heteroatoms. The molecule has 8 nitrogen and oxygen atoms in total. The minimum absolute atomic E-state index is 0.0560. The predicted molar refractivity (Wildman–Crippen MR) is 100.0 cm³/mol. The van der Waals surface area contributed by atoms with E-state index >= 15 is 0 Å². The van der Waals surface area contributed by atoms with Gasteiger partial charge in [0.25, 0.3) is 16.0 Å². The molecule has 0 radical (unpaired) electrons. The van der Waals surface area contributed by atoms with Crippen LogP contribution in [0.25, 0.3) is 0 Å². The highest BCUT2D eigenvalue weighted by Gasteiger charge is 2.53. The Kier molecular flexibility index (Phi) is 4.94. The lowest BCUT2D eigenvalue weighted by molar-refractivity contribution is -0.148. The minimum Gasteiger partial charge on any atom is -0.314 e. The molecule has 4 rings (SSSR count). The zero-order valence-electron chi connectivity index (χ0n) is 16.4. The van der Waals surface area contributed by atoms with Crippen molar-refractivity contribution < 1.29 is 30.7 Å². The molecule has 2 fully saturated rings. The van der Waals surface area contributed by atoms with Crippen molar-refractivity contribution in [1.82, 2.24) is 15.4 Å². The Hall–Kier alpha value is -2.05. The van der Waals surface area contributed by atoms with Crippen molar-refractivity contribution in [3.05, 3.63) is 29.1 Å². The summed E-state index contributed by atoms with van der Waals surface area (Å²) in [6, 6.07) is 1.94. The topological polar surface area (TPSA) is 101 Å². The van der Waals surface area contributed by atoms with Gasteiger partial charge in [0, 0.05) is 17.5 Å². The zero-order valence-corrected chi connectivity index (χ0v) is 17.2. The van der Waals surface area contributed by atoms with Crippen molar-refractivity contribution in [3.63, 3.8) is 0 Å². The van der Waals surface area contributed by atoms with E-state index in [4.69, 9.17) is 4.28 Å². The number of carbonyl (C=O) groups excluding carboxylic acids is 1. The van der Waals surface area contributed by atoms with Crippen LogP contribution in [-0.4, -0.2) is 54.6 Å². The molecule has 3 aliphatic rings. The third kappa shape index (κ3) is 3.95. The Bertz CT molecular complexity index is 1020. The molecule has 3 heterocycles. The second-order valence-corrected chi connectivity index (χ2v) is 9.61.